The first-order valence-corrected chi connectivity index (χ1v) is 6.76. The highest BCUT2D eigenvalue weighted by atomic mass is 32.2. The van der Waals surface area contributed by atoms with Gasteiger partial charge in [-0.05, 0) is 12.1 Å². The van der Waals surface area contributed by atoms with Crippen LogP contribution in [0.25, 0.3) is 0 Å². The zero-order chi connectivity index (χ0) is 13.2. The third-order valence-electron chi connectivity index (χ3n) is 2.44. The largest absolute Gasteiger partial charge is 0.447 e. The molecule has 0 aliphatic rings. The fourth-order valence-electron chi connectivity index (χ4n) is 1.41. The van der Waals surface area contributed by atoms with Gasteiger partial charge in [0.2, 0.25) is 5.09 Å². The summed E-state index contributed by atoms with van der Waals surface area (Å²) in [6, 6.07) is 2.91. The number of hydrogen-bond acceptors (Lipinski definition) is 5. The summed E-state index contributed by atoms with van der Waals surface area (Å²) in [6.45, 7) is 0.263. The summed E-state index contributed by atoms with van der Waals surface area (Å²) < 4.78 is 33.0. The lowest BCUT2D eigenvalue weighted by Crippen LogP contribution is -2.24. The monoisotopic (exact) mass is 270 g/mol. The van der Waals surface area contributed by atoms with E-state index in [1.807, 2.05) is 0 Å². The summed E-state index contributed by atoms with van der Waals surface area (Å²) in [5.41, 5.74) is 5.36. The Morgan fingerprint density at radius 2 is 2.28 bits per heavy atom. The lowest BCUT2D eigenvalue weighted by atomic mass is 10.5. The van der Waals surface area contributed by atoms with Crippen LogP contribution < -0.4 is 10.5 Å². The molecule has 0 aliphatic carbocycles. The molecule has 0 aliphatic heterocycles. The minimum absolute atomic E-state index is 0.102. The summed E-state index contributed by atoms with van der Waals surface area (Å²) in [5.74, 6) is 1.04. The van der Waals surface area contributed by atoms with E-state index in [1.54, 1.807) is 24.0 Å². The van der Waals surface area contributed by atoms with E-state index in [9.17, 15) is 8.42 Å². The van der Waals surface area contributed by atoms with Crippen LogP contribution in [0.15, 0.2) is 34.0 Å². The van der Waals surface area contributed by atoms with Gasteiger partial charge in [0, 0.05) is 19.4 Å². The number of aromatic nitrogens is 2. The molecular formula is C10H14N4O3S. The lowest BCUT2D eigenvalue weighted by Gasteiger charge is -2.04. The first-order chi connectivity index (χ1) is 8.53. The fourth-order valence-corrected chi connectivity index (χ4v) is 2.34. The van der Waals surface area contributed by atoms with Gasteiger partial charge in [0.15, 0.2) is 0 Å². The number of imidazole rings is 1. The van der Waals surface area contributed by atoms with Crippen molar-refractivity contribution < 1.29 is 12.8 Å². The molecule has 0 aromatic carbocycles. The van der Waals surface area contributed by atoms with Crippen LogP contribution in [-0.4, -0.2) is 18.0 Å². The van der Waals surface area contributed by atoms with E-state index < -0.39 is 10.0 Å². The number of furan rings is 1. The van der Waals surface area contributed by atoms with E-state index >= 15 is 0 Å². The van der Waals surface area contributed by atoms with Crippen LogP contribution in [0.1, 0.15) is 11.6 Å². The predicted molar refractivity (Wildman–Crippen MR) is 63.8 cm³/mol. The minimum Gasteiger partial charge on any atom is -0.447 e. The normalized spacial score (nSPS) is 11.9. The molecule has 3 N–H and O–H groups in total. The van der Waals surface area contributed by atoms with E-state index in [2.05, 4.69) is 9.71 Å². The van der Waals surface area contributed by atoms with Crippen LogP contribution in [0.2, 0.25) is 0 Å². The molecule has 0 atom stereocenters. The highest BCUT2D eigenvalue weighted by Crippen LogP contribution is 2.13. The molecule has 2 heterocycles. The van der Waals surface area contributed by atoms with Crippen molar-refractivity contribution in [1.82, 2.24) is 14.3 Å². The number of aryl methyl sites for hydroxylation is 1. The van der Waals surface area contributed by atoms with Crippen molar-refractivity contribution in [1.29, 1.82) is 0 Å². The SMILES string of the molecule is Cn1ccnc1CNS(=O)(=O)c1ccc(CN)o1. The molecule has 18 heavy (non-hydrogen) atoms. The van der Waals surface area contributed by atoms with Gasteiger partial charge in [-0.1, -0.05) is 0 Å². The highest BCUT2D eigenvalue weighted by Gasteiger charge is 2.18. The van der Waals surface area contributed by atoms with Crippen LogP contribution in [0, 0.1) is 0 Å². The molecule has 2 aromatic rings. The van der Waals surface area contributed by atoms with E-state index in [1.165, 1.54) is 12.1 Å². The van der Waals surface area contributed by atoms with Gasteiger partial charge < -0.3 is 14.7 Å². The van der Waals surface area contributed by atoms with Crippen LogP contribution in [0.4, 0.5) is 0 Å². The maximum Gasteiger partial charge on any atom is 0.274 e. The molecule has 0 radical (unpaired) electrons. The predicted octanol–water partition coefficient (Wildman–Crippen LogP) is -0.0497. The molecule has 7 nitrogen and oxygen atoms in total. The van der Waals surface area contributed by atoms with Gasteiger partial charge in [0.25, 0.3) is 10.0 Å². The van der Waals surface area contributed by atoms with Gasteiger partial charge in [-0.25, -0.2) is 18.1 Å². The third kappa shape index (κ3) is 2.61. The van der Waals surface area contributed by atoms with Crippen molar-refractivity contribution in [3.05, 3.63) is 36.1 Å². The van der Waals surface area contributed by atoms with Crippen LogP contribution >= 0.6 is 0 Å². The smallest absolute Gasteiger partial charge is 0.274 e. The topological polar surface area (TPSA) is 103 Å². The quantitative estimate of drug-likeness (QED) is 0.793. The van der Waals surface area contributed by atoms with Gasteiger partial charge in [-0.3, -0.25) is 0 Å². The van der Waals surface area contributed by atoms with Crippen LogP contribution in [0.5, 0.6) is 0 Å². The number of nitrogens with zero attached hydrogens (tertiary/aromatic N) is 2. The van der Waals surface area contributed by atoms with Crippen molar-refractivity contribution in [3.8, 4) is 0 Å². The second kappa shape index (κ2) is 4.92. The zero-order valence-electron chi connectivity index (χ0n) is 9.83. The Balaban J connectivity index is 2.10. The summed E-state index contributed by atoms with van der Waals surface area (Å²) in [4.78, 5) is 4.02. The van der Waals surface area contributed by atoms with Crippen molar-refractivity contribution >= 4 is 10.0 Å². The molecule has 0 saturated heterocycles. The van der Waals surface area contributed by atoms with Gasteiger partial charge in [0.05, 0.1) is 13.1 Å². The standard InChI is InChI=1S/C10H14N4O3S/c1-14-5-4-12-9(14)7-13-18(15,16)10-3-2-8(6-11)17-10/h2-5,13H,6-7,11H2,1H3. The molecule has 98 valence electrons. The molecule has 8 heteroatoms. The molecule has 0 spiro atoms. The van der Waals surface area contributed by atoms with E-state index in [-0.39, 0.29) is 18.2 Å². The Morgan fingerprint density at radius 1 is 1.50 bits per heavy atom. The molecule has 0 saturated carbocycles. The van der Waals surface area contributed by atoms with Crippen molar-refractivity contribution in [2.75, 3.05) is 0 Å². The Hall–Kier alpha value is -1.64. The number of rotatable bonds is 5. The summed E-state index contributed by atoms with van der Waals surface area (Å²) in [6.07, 6.45) is 3.34. The van der Waals surface area contributed by atoms with Crippen molar-refractivity contribution in [2.45, 2.75) is 18.2 Å². The van der Waals surface area contributed by atoms with E-state index in [0.717, 1.165) is 0 Å². The maximum atomic E-state index is 11.9. The fraction of sp³-hybridized carbons (Fsp3) is 0.300. The maximum absolute atomic E-state index is 11.9. The van der Waals surface area contributed by atoms with Gasteiger partial charge in [-0.15, -0.1) is 0 Å². The Labute approximate surface area is 105 Å². The number of sulfonamides is 1. The molecular weight excluding hydrogens is 256 g/mol. The number of nitrogens with one attached hydrogen (secondary N) is 1. The minimum atomic E-state index is -3.67. The van der Waals surface area contributed by atoms with Gasteiger partial charge in [0.1, 0.15) is 11.6 Å². The average Bonchev–Trinajstić information content (AvgIpc) is 2.95. The van der Waals surface area contributed by atoms with Gasteiger partial charge >= 0.3 is 0 Å². The van der Waals surface area contributed by atoms with Crippen LogP contribution in [0.3, 0.4) is 0 Å². The Morgan fingerprint density at radius 3 is 2.83 bits per heavy atom. The summed E-state index contributed by atoms with van der Waals surface area (Å²) in [7, 11) is -1.88. The zero-order valence-corrected chi connectivity index (χ0v) is 10.6. The van der Waals surface area contributed by atoms with E-state index in [4.69, 9.17) is 10.2 Å². The van der Waals surface area contributed by atoms with Crippen LogP contribution in [-0.2, 0) is 30.2 Å². The molecule has 2 aromatic heterocycles. The average molecular weight is 270 g/mol. The van der Waals surface area contributed by atoms with Crippen molar-refractivity contribution in [2.24, 2.45) is 12.8 Å². The molecule has 0 fully saturated rings. The summed E-state index contributed by atoms with van der Waals surface area (Å²) in [5, 5.41) is -0.142. The summed E-state index contributed by atoms with van der Waals surface area (Å²) >= 11 is 0. The highest BCUT2D eigenvalue weighted by molar-refractivity contribution is 7.89. The Kier molecular flexibility index (Phi) is 3.50. The Bertz CT molecular complexity index is 629. The first-order valence-electron chi connectivity index (χ1n) is 5.27. The number of nitrogens with two attached hydrogens (primary N) is 1. The van der Waals surface area contributed by atoms with Crippen molar-refractivity contribution in [3.63, 3.8) is 0 Å². The third-order valence-corrected chi connectivity index (χ3v) is 3.72. The second-order valence-corrected chi connectivity index (χ2v) is 5.40. The molecule has 0 unspecified atom stereocenters. The molecule has 2 rings (SSSR count). The number of hydrogen-bond donors (Lipinski definition) is 2. The molecule has 0 bridgehead atoms. The van der Waals surface area contributed by atoms with Gasteiger partial charge in [-0.2, -0.15) is 0 Å². The van der Waals surface area contributed by atoms with E-state index in [0.29, 0.717) is 11.6 Å². The molecule has 0 amide bonds. The second-order valence-electron chi connectivity index (χ2n) is 3.70. The lowest BCUT2D eigenvalue weighted by molar-refractivity contribution is 0.412. The first kappa shape index (κ1) is 12.8.